The average Bonchev–Trinajstić information content (AvgIpc) is 2.87. The monoisotopic (exact) mass is 530 g/mol. The molecule has 0 bridgehead atoms. The molecule has 1 amide bonds. The Balaban J connectivity index is 1.55. The maximum absolute atomic E-state index is 13.6. The number of carbonyl (C=O) groups excluding carboxylic acids is 1. The molecule has 9 heteroatoms. The Labute approximate surface area is 215 Å². The summed E-state index contributed by atoms with van der Waals surface area (Å²) in [7, 11) is -3.37. The van der Waals surface area contributed by atoms with E-state index in [9.17, 15) is 26.4 Å². The Kier molecular flexibility index (Phi) is 8.04. The van der Waals surface area contributed by atoms with Crippen LogP contribution in [-0.2, 0) is 29.1 Å². The third-order valence-electron chi connectivity index (χ3n) is 6.65. The molecule has 1 saturated heterocycles. The zero-order valence-corrected chi connectivity index (χ0v) is 21.3. The van der Waals surface area contributed by atoms with E-state index in [1.165, 1.54) is 29.8 Å². The van der Waals surface area contributed by atoms with Crippen LogP contribution < -0.4 is 0 Å². The second-order valence-corrected chi connectivity index (χ2v) is 11.4. The normalized spacial score (nSPS) is 15.5. The van der Waals surface area contributed by atoms with Gasteiger partial charge in [-0.2, -0.15) is 13.2 Å². The number of sulfone groups is 1. The smallest absolute Gasteiger partial charge is 0.331 e. The summed E-state index contributed by atoms with van der Waals surface area (Å²) in [5.41, 5.74) is 1.02. The van der Waals surface area contributed by atoms with Crippen molar-refractivity contribution in [3.05, 3.63) is 101 Å². The van der Waals surface area contributed by atoms with Crippen LogP contribution in [0.5, 0.6) is 0 Å². The molecular weight excluding hydrogens is 501 g/mol. The van der Waals surface area contributed by atoms with Crippen molar-refractivity contribution in [3.63, 3.8) is 0 Å². The van der Waals surface area contributed by atoms with E-state index in [1.54, 1.807) is 17.0 Å². The summed E-state index contributed by atoms with van der Waals surface area (Å²) >= 11 is 0. The summed E-state index contributed by atoms with van der Waals surface area (Å²) in [6.45, 7) is 2.46. The maximum Gasteiger partial charge on any atom is 0.416 e. The molecule has 196 valence electrons. The molecule has 0 N–H and O–H groups in total. The second-order valence-electron chi connectivity index (χ2n) is 9.42. The zero-order valence-electron chi connectivity index (χ0n) is 20.5. The Bertz CT molecular complexity index is 1320. The number of benzene rings is 3. The highest BCUT2D eigenvalue weighted by Gasteiger charge is 2.33. The predicted octanol–water partition coefficient (Wildman–Crippen LogP) is 5.42. The van der Waals surface area contributed by atoms with Crippen molar-refractivity contribution in [2.75, 3.05) is 19.3 Å². The summed E-state index contributed by atoms with van der Waals surface area (Å²) in [5, 5.41) is 0. The van der Waals surface area contributed by atoms with Crippen LogP contribution in [0.3, 0.4) is 0 Å². The highest BCUT2D eigenvalue weighted by molar-refractivity contribution is 7.90. The lowest BCUT2D eigenvalue weighted by Gasteiger charge is -2.39. The van der Waals surface area contributed by atoms with E-state index >= 15 is 0 Å². The number of hydrogen-bond acceptors (Lipinski definition) is 4. The minimum absolute atomic E-state index is 0.0192. The SMILES string of the molecule is CS(=O)(=O)c1ccc(CN(C(=O)c2cccc(C(F)(F)F)c2)C2CCN(Cc3ccccc3)CC2)cc1. The van der Waals surface area contributed by atoms with Crippen molar-refractivity contribution in [2.45, 2.75) is 43.0 Å². The van der Waals surface area contributed by atoms with Crippen LogP contribution in [0.2, 0.25) is 0 Å². The van der Waals surface area contributed by atoms with Crippen LogP contribution in [0, 0.1) is 0 Å². The molecule has 4 rings (SSSR count). The summed E-state index contributed by atoms with van der Waals surface area (Å²) in [6.07, 6.45) is -2.07. The molecule has 1 aliphatic heterocycles. The van der Waals surface area contributed by atoms with Crippen LogP contribution in [-0.4, -0.2) is 49.5 Å². The summed E-state index contributed by atoms with van der Waals surface area (Å²) in [6, 6.07) is 20.7. The third-order valence-corrected chi connectivity index (χ3v) is 7.78. The third kappa shape index (κ3) is 6.99. The molecule has 5 nitrogen and oxygen atoms in total. The number of alkyl halides is 3. The minimum atomic E-state index is -4.55. The van der Waals surface area contributed by atoms with E-state index in [0.29, 0.717) is 18.4 Å². The van der Waals surface area contributed by atoms with Crippen LogP contribution in [0.15, 0.2) is 83.8 Å². The lowest BCUT2D eigenvalue weighted by Crippen LogP contribution is -2.47. The molecule has 3 aromatic carbocycles. The Morgan fingerprint density at radius 1 is 0.919 bits per heavy atom. The zero-order chi connectivity index (χ0) is 26.6. The Hall–Kier alpha value is -3.17. The Morgan fingerprint density at radius 3 is 2.16 bits per heavy atom. The van der Waals surface area contributed by atoms with Crippen LogP contribution in [0.25, 0.3) is 0 Å². The van der Waals surface area contributed by atoms with Crippen molar-refractivity contribution in [1.82, 2.24) is 9.80 Å². The van der Waals surface area contributed by atoms with Gasteiger partial charge < -0.3 is 4.90 Å². The van der Waals surface area contributed by atoms with Gasteiger partial charge in [-0.05, 0) is 54.3 Å². The number of likely N-dealkylation sites (tertiary alicyclic amines) is 1. The van der Waals surface area contributed by atoms with Gasteiger partial charge in [0, 0.05) is 44.0 Å². The number of nitrogens with zero attached hydrogens (tertiary/aromatic N) is 2. The lowest BCUT2D eigenvalue weighted by atomic mass is 9.99. The summed E-state index contributed by atoms with van der Waals surface area (Å²) in [5.74, 6) is -0.472. The van der Waals surface area contributed by atoms with E-state index in [-0.39, 0.29) is 23.0 Å². The lowest BCUT2D eigenvalue weighted by molar-refractivity contribution is -0.137. The van der Waals surface area contributed by atoms with Gasteiger partial charge in [0.05, 0.1) is 10.5 Å². The minimum Gasteiger partial charge on any atom is -0.331 e. The van der Waals surface area contributed by atoms with Crippen molar-refractivity contribution >= 4 is 15.7 Å². The first-order valence-corrected chi connectivity index (χ1v) is 13.9. The summed E-state index contributed by atoms with van der Waals surface area (Å²) < 4.78 is 63.6. The molecule has 37 heavy (non-hydrogen) atoms. The molecule has 0 atom stereocenters. The van der Waals surface area contributed by atoms with Gasteiger partial charge in [0.2, 0.25) is 0 Å². The quantitative estimate of drug-likeness (QED) is 0.410. The van der Waals surface area contributed by atoms with E-state index < -0.39 is 27.5 Å². The van der Waals surface area contributed by atoms with Gasteiger partial charge >= 0.3 is 6.18 Å². The molecule has 1 aliphatic rings. The number of halogens is 3. The largest absolute Gasteiger partial charge is 0.416 e. The van der Waals surface area contributed by atoms with E-state index in [0.717, 1.165) is 38.0 Å². The van der Waals surface area contributed by atoms with Gasteiger partial charge in [-0.25, -0.2) is 8.42 Å². The predicted molar refractivity (Wildman–Crippen MR) is 136 cm³/mol. The summed E-state index contributed by atoms with van der Waals surface area (Å²) in [4.78, 5) is 17.7. The van der Waals surface area contributed by atoms with Gasteiger partial charge in [-0.3, -0.25) is 9.69 Å². The molecule has 0 saturated carbocycles. The molecule has 0 radical (unpaired) electrons. The van der Waals surface area contributed by atoms with Gasteiger partial charge in [-0.1, -0.05) is 48.5 Å². The maximum atomic E-state index is 13.6. The fourth-order valence-corrected chi connectivity index (χ4v) is 5.26. The number of rotatable bonds is 7. The molecule has 0 aromatic heterocycles. The van der Waals surface area contributed by atoms with E-state index in [1.807, 2.05) is 18.2 Å². The molecule has 0 spiro atoms. The van der Waals surface area contributed by atoms with Crippen molar-refractivity contribution in [2.24, 2.45) is 0 Å². The average molecular weight is 531 g/mol. The molecule has 1 fully saturated rings. The number of piperidine rings is 1. The van der Waals surface area contributed by atoms with Crippen molar-refractivity contribution < 1.29 is 26.4 Å². The highest BCUT2D eigenvalue weighted by Crippen LogP contribution is 2.30. The fraction of sp³-hybridized carbons (Fsp3) is 0.321. The van der Waals surface area contributed by atoms with Crippen LogP contribution >= 0.6 is 0 Å². The molecular formula is C28H29F3N2O3S. The Morgan fingerprint density at radius 2 is 1.57 bits per heavy atom. The number of hydrogen-bond donors (Lipinski definition) is 0. The van der Waals surface area contributed by atoms with Gasteiger partial charge in [-0.15, -0.1) is 0 Å². The second kappa shape index (κ2) is 11.1. The fourth-order valence-electron chi connectivity index (χ4n) is 4.63. The van der Waals surface area contributed by atoms with E-state index in [2.05, 4.69) is 17.0 Å². The van der Waals surface area contributed by atoms with Crippen LogP contribution in [0.4, 0.5) is 13.2 Å². The molecule has 0 aliphatic carbocycles. The van der Waals surface area contributed by atoms with Crippen LogP contribution in [0.1, 0.15) is 39.9 Å². The number of amides is 1. The van der Waals surface area contributed by atoms with Gasteiger partial charge in [0.15, 0.2) is 9.84 Å². The van der Waals surface area contributed by atoms with Gasteiger partial charge in [0.1, 0.15) is 0 Å². The highest BCUT2D eigenvalue weighted by atomic mass is 32.2. The van der Waals surface area contributed by atoms with Crippen molar-refractivity contribution in [3.8, 4) is 0 Å². The van der Waals surface area contributed by atoms with Gasteiger partial charge in [0.25, 0.3) is 5.91 Å². The first-order chi connectivity index (χ1) is 17.5. The van der Waals surface area contributed by atoms with Crippen molar-refractivity contribution in [1.29, 1.82) is 0 Å². The first-order valence-electron chi connectivity index (χ1n) is 12.0. The standard InChI is InChI=1S/C28H29F3N2O3S/c1-37(35,36)26-12-10-22(11-13-26)20-33(27(34)23-8-5-9-24(18-23)28(29,30)31)25-14-16-32(17-15-25)19-21-6-3-2-4-7-21/h2-13,18,25H,14-17,19-20H2,1H3. The first kappa shape index (κ1) is 26.9. The van der Waals surface area contributed by atoms with E-state index in [4.69, 9.17) is 0 Å². The molecule has 0 unspecified atom stereocenters. The topological polar surface area (TPSA) is 57.7 Å². The molecule has 3 aromatic rings. The molecule has 1 heterocycles. The number of carbonyl (C=O) groups is 1.